The lowest BCUT2D eigenvalue weighted by Crippen LogP contribution is -2.32. The smallest absolute Gasteiger partial charge is 0.396 e. The molecule has 0 heterocycles. The fourth-order valence-corrected chi connectivity index (χ4v) is 3.02. The first kappa shape index (κ1) is 36.5. The largest absolute Gasteiger partial charge is 0.466 e. The van der Waals surface area contributed by atoms with Crippen LogP contribution in [0, 0.1) is 5.92 Å². The van der Waals surface area contributed by atoms with Gasteiger partial charge in [0.15, 0.2) is 0 Å². The minimum absolute atomic E-state index is 0.0694. The normalized spacial score (nSPS) is 11.2. The molecule has 0 rings (SSSR count). The topological polar surface area (TPSA) is 162 Å². The third-order valence-corrected chi connectivity index (χ3v) is 4.69. The van der Waals surface area contributed by atoms with Crippen LogP contribution in [0.15, 0.2) is 0 Å². The number of hydrogen-bond acceptors (Lipinski definition) is 6. The minimum atomic E-state index is -4.64. The van der Waals surface area contributed by atoms with Gasteiger partial charge >= 0.3 is 7.82 Å². The van der Waals surface area contributed by atoms with Gasteiger partial charge in [0, 0.05) is 26.2 Å². The van der Waals surface area contributed by atoms with E-state index in [9.17, 15) is 0 Å². The Morgan fingerprint density at radius 2 is 0.844 bits per heavy atom. The van der Waals surface area contributed by atoms with Crippen LogP contribution in [0.2, 0.25) is 0 Å². The van der Waals surface area contributed by atoms with Crippen molar-refractivity contribution in [1.82, 2.24) is 4.90 Å². The van der Waals surface area contributed by atoms with Crippen molar-refractivity contribution in [1.29, 1.82) is 0 Å². The van der Waals surface area contributed by atoms with E-state index >= 15 is 0 Å². The summed E-state index contributed by atoms with van der Waals surface area (Å²) in [7, 11) is -4.64. The highest BCUT2D eigenvalue weighted by Crippen LogP contribution is 2.25. The van der Waals surface area contributed by atoms with Crippen LogP contribution in [-0.2, 0) is 4.57 Å². The molecule has 0 aromatic heterocycles. The van der Waals surface area contributed by atoms with Crippen LogP contribution in [0.5, 0.6) is 0 Å². The Kier molecular flexibility index (Phi) is 33.0. The molecule has 9 nitrogen and oxygen atoms in total. The van der Waals surface area contributed by atoms with E-state index in [1.54, 1.807) is 4.90 Å². The Morgan fingerprint density at radius 1 is 0.562 bits per heavy atom. The lowest BCUT2D eigenvalue weighted by atomic mass is 10.0. The molecule has 0 amide bonds. The van der Waals surface area contributed by atoms with Gasteiger partial charge in [-0.1, -0.05) is 84.5 Å². The van der Waals surface area contributed by atoms with Gasteiger partial charge in [-0.2, -0.15) is 0 Å². The minimum Gasteiger partial charge on any atom is -0.396 e. The van der Waals surface area contributed by atoms with Gasteiger partial charge in [0.05, 0.1) is 19.8 Å². The number of aliphatic hydroxyl groups is 4. The van der Waals surface area contributed by atoms with Crippen LogP contribution >= 0.6 is 7.82 Å². The van der Waals surface area contributed by atoms with Crippen LogP contribution < -0.4 is 0 Å². The molecule has 0 aromatic carbocycles. The second-order valence-electron chi connectivity index (χ2n) is 8.32. The Hall–Kier alpha value is -0.0900. The van der Waals surface area contributed by atoms with Gasteiger partial charge in [-0.3, -0.25) is 4.90 Å². The zero-order valence-electron chi connectivity index (χ0n) is 20.4. The molecule has 0 aliphatic carbocycles. The summed E-state index contributed by atoms with van der Waals surface area (Å²) in [5.41, 5.74) is 0. The number of rotatable bonds is 19. The summed E-state index contributed by atoms with van der Waals surface area (Å²) in [5, 5.41) is 34.1. The molecule has 0 spiro atoms. The van der Waals surface area contributed by atoms with E-state index in [0.29, 0.717) is 26.2 Å². The van der Waals surface area contributed by atoms with Crippen LogP contribution in [0.25, 0.3) is 0 Å². The molecule has 0 radical (unpaired) electrons. The molecular weight excluding hydrogens is 437 g/mol. The highest BCUT2D eigenvalue weighted by Gasteiger charge is 2.01. The van der Waals surface area contributed by atoms with Gasteiger partial charge in [0.25, 0.3) is 0 Å². The van der Waals surface area contributed by atoms with E-state index in [1.807, 2.05) is 0 Å². The summed E-state index contributed by atoms with van der Waals surface area (Å²) < 4.78 is 8.88. The molecule has 0 aromatic rings. The fraction of sp³-hybridized carbons (Fsp3) is 1.00. The summed E-state index contributed by atoms with van der Waals surface area (Å²) in [5.74, 6) is 0.883. The van der Waals surface area contributed by atoms with Crippen LogP contribution in [0.4, 0.5) is 0 Å². The second kappa shape index (κ2) is 28.9. The molecule has 10 heteroatoms. The van der Waals surface area contributed by atoms with Gasteiger partial charge in [-0.25, -0.2) is 4.57 Å². The summed E-state index contributed by atoms with van der Waals surface area (Å²) in [6.45, 7) is 6.76. The van der Waals surface area contributed by atoms with Crippen molar-refractivity contribution in [3.63, 3.8) is 0 Å². The maximum absolute atomic E-state index is 8.88. The van der Waals surface area contributed by atoms with Crippen LogP contribution in [0.3, 0.4) is 0 Å². The van der Waals surface area contributed by atoms with Crippen molar-refractivity contribution in [2.24, 2.45) is 5.92 Å². The zero-order valence-corrected chi connectivity index (χ0v) is 21.3. The summed E-state index contributed by atoms with van der Waals surface area (Å²) in [6.07, 6.45) is 16.3. The van der Waals surface area contributed by atoms with Crippen molar-refractivity contribution in [2.45, 2.75) is 90.9 Å². The molecule has 198 valence electrons. The standard InChI is InChI=1S/C16H34O.C6H15NO3.H3O4P/c1-16(2)14-12-10-8-6-4-3-5-7-9-11-13-15-17;8-4-1-7(2-5-9)3-6-10;1-5(2,3)4/h16-17H,3-15H2,1-2H3;8-10H,1-6H2;(H3,1,2,3,4). The van der Waals surface area contributed by atoms with E-state index in [0.717, 1.165) is 12.3 Å². The van der Waals surface area contributed by atoms with E-state index in [1.165, 1.54) is 70.6 Å². The Morgan fingerprint density at radius 3 is 1.09 bits per heavy atom. The van der Waals surface area contributed by atoms with E-state index < -0.39 is 7.82 Å². The number of unbranched alkanes of at least 4 members (excludes halogenated alkanes) is 10. The lowest BCUT2D eigenvalue weighted by molar-refractivity contribution is 0.136. The second-order valence-corrected chi connectivity index (χ2v) is 9.35. The summed E-state index contributed by atoms with van der Waals surface area (Å²) >= 11 is 0. The summed E-state index contributed by atoms with van der Waals surface area (Å²) in [4.78, 5) is 23.4. The highest BCUT2D eigenvalue weighted by atomic mass is 31.2. The van der Waals surface area contributed by atoms with Crippen molar-refractivity contribution in [3.8, 4) is 0 Å². The van der Waals surface area contributed by atoms with Gasteiger partial charge in [-0.05, 0) is 12.3 Å². The van der Waals surface area contributed by atoms with Crippen molar-refractivity contribution in [3.05, 3.63) is 0 Å². The van der Waals surface area contributed by atoms with Crippen molar-refractivity contribution < 1.29 is 39.7 Å². The van der Waals surface area contributed by atoms with Crippen LogP contribution in [0.1, 0.15) is 90.9 Å². The molecule has 0 atom stereocenters. The SMILES string of the molecule is CC(C)CCCCCCCCCCCCCO.O=P(O)(O)O.OCCN(CCO)CCO. The molecule has 0 aliphatic rings. The molecule has 0 aliphatic heterocycles. The molecule has 0 unspecified atom stereocenters. The average Bonchev–Trinajstić information content (AvgIpc) is 2.68. The third-order valence-electron chi connectivity index (χ3n) is 4.69. The predicted octanol–water partition coefficient (Wildman–Crippen LogP) is 2.65. The third kappa shape index (κ3) is 47.6. The predicted molar refractivity (Wildman–Crippen MR) is 129 cm³/mol. The molecule has 0 bridgehead atoms. The van der Waals surface area contributed by atoms with E-state index in [4.69, 9.17) is 39.7 Å². The molecule has 0 fully saturated rings. The highest BCUT2D eigenvalue weighted by molar-refractivity contribution is 7.45. The Labute approximate surface area is 195 Å². The monoisotopic (exact) mass is 489 g/mol. The number of hydrogen-bond donors (Lipinski definition) is 7. The molecule has 0 saturated heterocycles. The van der Waals surface area contributed by atoms with Crippen LogP contribution in [-0.4, -0.2) is 86.1 Å². The van der Waals surface area contributed by atoms with Gasteiger partial charge in [-0.15, -0.1) is 0 Å². The maximum atomic E-state index is 8.88. The number of nitrogens with zero attached hydrogens (tertiary/aromatic N) is 1. The quantitative estimate of drug-likeness (QED) is 0.107. The number of aliphatic hydroxyl groups excluding tert-OH is 4. The first-order valence-corrected chi connectivity index (χ1v) is 13.6. The van der Waals surface area contributed by atoms with Crippen molar-refractivity contribution in [2.75, 3.05) is 46.1 Å². The fourth-order valence-electron chi connectivity index (χ4n) is 3.02. The van der Waals surface area contributed by atoms with Gasteiger partial charge < -0.3 is 35.1 Å². The van der Waals surface area contributed by atoms with E-state index in [2.05, 4.69) is 13.8 Å². The zero-order chi connectivity index (χ0) is 25.1. The average molecular weight is 490 g/mol. The van der Waals surface area contributed by atoms with Crippen molar-refractivity contribution >= 4 is 7.82 Å². The maximum Gasteiger partial charge on any atom is 0.466 e. The first-order valence-electron chi connectivity index (χ1n) is 12.1. The first-order chi connectivity index (χ1) is 15.1. The lowest BCUT2D eigenvalue weighted by Gasteiger charge is -2.17. The summed E-state index contributed by atoms with van der Waals surface area (Å²) in [6, 6.07) is 0. The Balaban J connectivity index is -0.000000471. The van der Waals surface area contributed by atoms with Gasteiger partial charge in [0.1, 0.15) is 0 Å². The Bertz CT molecular complexity index is 360. The molecule has 0 saturated carbocycles. The molecule has 7 N–H and O–H groups in total. The molecular formula is C22H52NO8P. The van der Waals surface area contributed by atoms with Gasteiger partial charge in [0.2, 0.25) is 0 Å². The van der Waals surface area contributed by atoms with E-state index in [-0.39, 0.29) is 19.8 Å². The molecule has 32 heavy (non-hydrogen) atoms. The number of phosphoric acid groups is 1.